The smallest absolute Gasteiger partial charge is 0.253 e. The topological polar surface area (TPSA) is 250 Å². The fourth-order valence-electron chi connectivity index (χ4n) is 6.61. The lowest BCUT2D eigenvalue weighted by molar-refractivity contribution is -0.247. The highest BCUT2D eigenvalue weighted by molar-refractivity contribution is 6.16. The number of rotatable bonds is 13. The Morgan fingerprint density at radius 1 is 1.11 bits per heavy atom. The number of aromatic hydroxyl groups is 2. The van der Waals surface area contributed by atoms with Gasteiger partial charge in [0.25, 0.3) is 11.8 Å². The summed E-state index contributed by atoms with van der Waals surface area (Å²) in [5.41, 5.74) is 3.23. The molecule has 2 aromatic carbocycles. The first-order valence-corrected chi connectivity index (χ1v) is 16.8. The minimum absolute atomic E-state index is 0.0424. The lowest BCUT2D eigenvalue weighted by Crippen LogP contribution is -2.53. The van der Waals surface area contributed by atoms with E-state index in [0.29, 0.717) is 30.7 Å². The van der Waals surface area contributed by atoms with Crippen LogP contribution in [0, 0.1) is 6.92 Å². The standard InChI is InChI=1S/C29H35NO11.C8H9NO3/c1-13-15(6-5-7-19(13)39-4)26(34)24-17(11-31)28(36)23-16(27(24)35)9-29(37,21(32)12-38-3)10-20(23)41-22-8-18(30)25(33)14(2)40-22;10-6-2-1-5-9-7(11)3-4-8(9)12/h5-7,11,14,18,20,22,25,33,35-37H,8-10,12,30H2,1-4H3;3-4,6H,1-2,5H2. The van der Waals surface area contributed by atoms with E-state index in [4.69, 9.17) is 24.7 Å². The van der Waals surface area contributed by atoms with Crippen LogP contribution in [0.5, 0.6) is 17.2 Å². The van der Waals surface area contributed by atoms with E-state index < -0.39 is 83.5 Å². The zero-order valence-corrected chi connectivity index (χ0v) is 29.8. The minimum Gasteiger partial charge on any atom is -0.507 e. The van der Waals surface area contributed by atoms with Crippen LogP contribution >= 0.6 is 0 Å². The van der Waals surface area contributed by atoms with Crippen LogP contribution in [0.25, 0.3) is 0 Å². The van der Waals surface area contributed by atoms with Crippen molar-refractivity contribution in [2.75, 3.05) is 27.4 Å². The predicted octanol–water partition coefficient (Wildman–Crippen LogP) is 1.12. The predicted molar refractivity (Wildman–Crippen MR) is 184 cm³/mol. The van der Waals surface area contributed by atoms with Gasteiger partial charge in [0, 0.05) is 79.8 Å². The summed E-state index contributed by atoms with van der Waals surface area (Å²) in [6.07, 6.45) is -0.383. The van der Waals surface area contributed by atoms with Crippen molar-refractivity contribution in [2.45, 2.75) is 82.2 Å². The molecular formula is C37H44N2O14. The van der Waals surface area contributed by atoms with Crippen molar-refractivity contribution >= 4 is 36.0 Å². The van der Waals surface area contributed by atoms with Crippen LogP contribution in [0.4, 0.5) is 0 Å². The molecule has 0 radical (unpaired) electrons. The van der Waals surface area contributed by atoms with E-state index in [1.54, 1.807) is 26.0 Å². The van der Waals surface area contributed by atoms with Gasteiger partial charge < -0.3 is 49.9 Å². The van der Waals surface area contributed by atoms with E-state index in [2.05, 4.69) is 0 Å². The number of hydrogen-bond donors (Lipinski definition) is 5. The third-order valence-corrected chi connectivity index (χ3v) is 9.50. The molecule has 0 aromatic heterocycles. The van der Waals surface area contributed by atoms with Gasteiger partial charge in [-0.1, -0.05) is 12.1 Å². The lowest BCUT2D eigenvalue weighted by atomic mass is 9.73. The van der Waals surface area contributed by atoms with Gasteiger partial charge in [-0.05, 0) is 26.3 Å². The molecule has 2 aliphatic heterocycles. The van der Waals surface area contributed by atoms with E-state index in [0.717, 1.165) is 11.2 Å². The number of nitrogens with two attached hydrogens (primary N) is 1. The Kier molecular flexibility index (Phi) is 13.4. The number of fused-ring (bicyclic) bond motifs is 1. The number of carbonyl (C=O) groups excluding carboxylic acids is 6. The van der Waals surface area contributed by atoms with Crippen molar-refractivity contribution in [1.82, 2.24) is 4.90 Å². The molecule has 6 N–H and O–H groups in total. The normalized spacial score (nSPS) is 25.0. The maximum absolute atomic E-state index is 13.7. The highest BCUT2D eigenvalue weighted by atomic mass is 16.7. The van der Waals surface area contributed by atoms with Gasteiger partial charge in [0.15, 0.2) is 24.1 Å². The second-order valence-electron chi connectivity index (χ2n) is 13.0. The first kappa shape index (κ1) is 40.9. The number of aliphatic hydroxyl groups is 2. The molecule has 0 saturated carbocycles. The molecule has 0 spiro atoms. The molecule has 16 nitrogen and oxygen atoms in total. The van der Waals surface area contributed by atoms with Crippen molar-refractivity contribution < 1.29 is 68.1 Å². The van der Waals surface area contributed by atoms with Gasteiger partial charge in [-0.15, -0.1) is 0 Å². The van der Waals surface area contributed by atoms with Crippen molar-refractivity contribution in [3.63, 3.8) is 0 Å². The number of phenolic OH excluding ortho intramolecular Hbond substituents is 2. The van der Waals surface area contributed by atoms with Crippen LogP contribution in [-0.4, -0.2) is 119 Å². The van der Waals surface area contributed by atoms with E-state index >= 15 is 0 Å². The first-order chi connectivity index (χ1) is 25.1. The molecule has 16 heteroatoms. The maximum atomic E-state index is 13.7. The molecule has 2 amide bonds. The molecule has 1 aliphatic carbocycles. The average Bonchev–Trinajstić information content (AvgIpc) is 3.44. The van der Waals surface area contributed by atoms with Crippen LogP contribution in [0.3, 0.4) is 0 Å². The summed E-state index contributed by atoms with van der Waals surface area (Å²) in [4.78, 5) is 71.9. The molecule has 2 aromatic rings. The van der Waals surface area contributed by atoms with Gasteiger partial charge in [0.2, 0.25) is 0 Å². The highest BCUT2D eigenvalue weighted by Gasteiger charge is 2.48. The number of benzene rings is 2. The molecule has 6 unspecified atom stereocenters. The second kappa shape index (κ2) is 17.3. The molecular weight excluding hydrogens is 696 g/mol. The molecule has 3 aliphatic rings. The van der Waals surface area contributed by atoms with E-state index in [1.807, 2.05) is 0 Å². The van der Waals surface area contributed by atoms with E-state index in [9.17, 15) is 49.2 Å². The maximum Gasteiger partial charge on any atom is 0.253 e. The number of ether oxygens (including phenoxy) is 4. The molecule has 53 heavy (non-hydrogen) atoms. The number of carbonyl (C=O) groups is 6. The Balaban J connectivity index is 0.000000443. The zero-order chi connectivity index (χ0) is 39.2. The van der Waals surface area contributed by atoms with Gasteiger partial charge in [-0.25, -0.2) is 0 Å². The second-order valence-corrected chi connectivity index (χ2v) is 13.0. The number of methoxy groups -OCH3 is 2. The third kappa shape index (κ3) is 8.53. The lowest BCUT2D eigenvalue weighted by Gasteiger charge is -2.42. The number of imide groups is 1. The Labute approximate surface area is 305 Å². The number of aldehydes is 2. The summed E-state index contributed by atoms with van der Waals surface area (Å²) in [6, 6.07) is 3.97. The Morgan fingerprint density at radius 3 is 2.38 bits per heavy atom. The van der Waals surface area contributed by atoms with Crippen molar-refractivity contribution in [3.8, 4) is 17.2 Å². The van der Waals surface area contributed by atoms with Crippen molar-refractivity contribution in [2.24, 2.45) is 5.73 Å². The summed E-state index contributed by atoms with van der Waals surface area (Å²) in [5.74, 6) is -3.01. The molecule has 286 valence electrons. The summed E-state index contributed by atoms with van der Waals surface area (Å²) in [7, 11) is 2.71. The molecule has 6 atom stereocenters. The van der Waals surface area contributed by atoms with Gasteiger partial charge in [0.1, 0.15) is 35.7 Å². The van der Waals surface area contributed by atoms with E-state index in [1.165, 1.54) is 32.4 Å². The van der Waals surface area contributed by atoms with Crippen molar-refractivity contribution in [3.05, 3.63) is 63.7 Å². The summed E-state index contributed by atoms with van der Waals surface area (Å²) >= 11 is 0. The van der Waals surface area contributed by atoms with Crippen LogP contribution in [0.15, 0.2) is 30.4 Å². The SMILES string of the molecule is COCC(=O)C1(O)Cc2c(O)c(C(=O)c3cccc(OC)c3C)c(C=O)c(O)c2C(OC2CC(N)C(O)C(C)O2)C1.O=CCCCN1C(=O)C=CC1=O. The molecule has 1 fully saturated rings. The van der Waals surface area contributed by atoms with Crippen molar-refractivity contribution in [1.29, 1.82) is 0 Å². The largest absolute Gasteiger partial charge is 0.507 e. The average molecular weight is 741 g/mol. The number of amides is 2. The van der Waals surface area contributed by atoms with Gasteiger partial charge in [0.05, 0.1) is 36.5 Å². The van der Waals surface area contributed by atoms with Gasteiger partial charge in [-0.3, -0.25) is 28.9 Å². The molecule has 2 heterocycles. The monoisotopic (exact) mass is 740 g/mol. The number of Topliss-reactive ketones (excluding diaryl/α,β-unsaturated/α-hetero) is 1. The zero-order valence-electron chi connectivity index (χ0n) is 29.8. The van der Waals surface area contributed by atoms with Gasteiger partial charge >= 0.3 is 0 Å². The number of nitrogens with zero attached hydrogens (tertiary/aromatic N) is 1. The third-order valence-electron chi connectivity index (χ3n) is 9.50. The summed E-state index contributed by atoms with van der Waals surface area (Å²) in [5, 5.41) is 44.5. The van der Waals surface area contributed by atoms with Crippen LogP contribution in [0.1, 0.15) is 81.7 Å². The number of hydrogen-bond acceptors (Lipinski definition) is 15. The van der Waals surface area contributed by atoms with E-state index in [-0.39, 0.29) is 47.6 Å². The minimum atomic E-state index is -2.13. The quantitative estimate of drug-likeness (QED) is 0.0635. The summed E-state index contributed by atoms with van der Waals surface area (Å²) in [6.45, 7) is 3.10. The van der Waals surface area contributed by atoms with Crippen LogP contribution < -0.4 is 10.5 Å². The number of unbranched alkanes of at least 4 members (excludes halogenated alkanes) is 1. The summed E-state index contributed by atoms with van der Waals surface area (Å²) < 4.78 is 22.0. The molecule has 1 saturated heterocycles. The fraction of sp³-hybridized carbons (Fsp3) is 0.459. The van der Waals surface area contributed by atoms with Crippen LogP contribution in [0.2, 0.25) is 0 Å². The Morgan fingerprint density at radius 2 is 1.79 bits per heavy atom. The number of ketones is 2. The number of phenols is 2. The molecule has 0 bridgehead atoms. The Bertz CT molecular complexity index is 1760. The number of aliphatic hydroxyl groups excluding tert-OH is 1. The fourth-order valence-corrected chi connectivity index (χ4v) is 6.61. The Hall–Kier alpha value is -4.84. The van der Waals surface area contributed by atoms with Gasteiger partial charge in [-0.2, -0.15) is 0 Å². The molecule has 5 rings (SSSR count). The van der Waals surface area contributed by atoms with Crippen LogP contribution in [-0.2, 0) is 39.8 Å². The first-order valence-electron chi connectivity index (χ1n) is 16.8. The highest BCUT2D eigenvalue weighted by Crippen LogP contribution is 2.50.